The zero-order valence-electron chi connectivity index (χ0n) is 17.4. The van der Waals surface area contributed by atoms with Gasteiger partial charge in [0.15, 0.2) is 5.60 Å². The van der Waals surface area contributed by atoms with Gasteiger partial charge < -0.3 is 18.9 Å². The Balaban J connectivity index is 1.91. The zero-order valence-corrected chi connectivity index (χ0v) is 17.4. The molecule has 0 aromatic rings. The van der Waals surface area contributed by atoms with Crippen LogP contribution >= 0.6 is 0 Å². The third kappa shape index (κ3) is 4.08. The monoisotopic (exact) mass is 416 g/mol. The second kappa shape index (κ2) is 7.93. The number of carbonyl (C=O) groups excluding carboxylic acids is 4. The molecule has 8 nitrogen and oxygen atoms in total. The number of allylic oxidation sites excluding steroid dienone is 1. The van der Waals surface area contributed by atoms with E-state index >= 15 is 0 Å². The standard InChI is InChI=1S/C22H24O8/c1-11(6-7-27-14(4)23)20(25)29-17-10-22(5)18(24)9-15(30-22)12(2)8-16-19(17)13(3)21(26)28-16/h6,8-9,16-17,19H,3,7,10H2,1-2,4-5H3/b11-6+,12-8+/t16-,17+,19+,22-/m1/s1. The lowest BCUT2D eigenvalue weighted by Gasteiger charge is -2.31. The van der Waals surface area contributed by atoms with Gasteiger partial charge in [-0.25, -0.2) is 9.59 Å². The van der Waals surface area contributed by atoms with Crippen molar-refractivity contribution in [3.8, 4) is 0 Å². The Morgan fingerprint density at radius 1 is 1.33 bits per heavy atom. The summed E-state index contributed by atoms with van der Waals surface area (Å²) >= 11 is 0. The van der Waals surface area contributed by atoms with E-state index in [2.05, 4.69) is 6.58 Å². The van der Waals surface area contributed by atoms with E-state index in [1.807, 2.05) is 0 Å². The molecule has 3 aliphatic rings. The molecule has 0 aromatic heterocycles. The molecule has 0 aliphatic carbocycles. The molecule has 0 amide bonds. The number of hydrogen-bond acceptors (Lipinski definition) is 8. The van der Waals surface area contributed by atoms with Gasteiger partial charge in [-0.1, -0.05) is 6.58 Å². The van der Waals surface area contributed by atoms with Gasteiger partial charge in [-0.3, -0.25) is 9.59 Å². The van der Waals surface area contributed by atoms with Crippen molar-refractivity contribution in [2.75, 3.05) is 6.61 Å². The molecule has 8 heteroatoms. The second-order valence-electron chi connectivity index (χ2n) is 7.81. The van der Waals surface area contributed by atoms with Gasteiger partial charge in [0.2, 0.25) is 5.78 Å². The fourth-order valence-corrected chi connectivity index (χ4v) is 3.66. The Labute approximate surface area is 174 Å². The quantitative estimate of drug-likeness (QED) is 0.390. The Kier molecular flexibility index (Phi) is 5.70. The van der Waals surface area contributed by atoms with Crippen LogP contribution in [-0.2, 0) is 38.1 Å². The van der Waals surface area contributed by atoms with Crippen molar-refractivity contribution in [3.63, 3.8) is 0 Å². The van der Waals surface area contributed by atoms with E-state index in [1.54, 1.807) is 19.9 Å². The minimum Gasteiger partial charge on any atom is -0.479 e. The molecule has 4 atom stereocenters. The molecule has 30 heavy (non-hydrogen) atoms. The van der Waals surface area contributed by atoms with E-state index < -0.39 is 41.6 Å². The molecular formula is C22H24O8. The first-order valence-corrected chi connectivity index (χ1v) is 9.56. The number of carbonyl (C=O) groups is 4. The van der Waals surface area contributed by atoms with E-state index in [-0.39, 0.29) is 30.0 Å². The maximum atomic E-state index is 12.7. The van der Waals surface area contributed by atoms with Gasteiger partial charge in [-0.05, 0) is 38.5 Å². The number of ether oxygens (including phenoxy) is 4. The van der Waals surface area contributed by atoms with Crippen LogP contribution in [0, 0.1) is 5.92 Å². The SMILES string of the molecule is C=C1C(=O)O[C@@H]2/C=C(\C)C3=CC(=O)[C@@](C)(C[C@H](OC(=O)/C(C)=C/COC(C)=O)[C@@H]12)O3. The lowest BCUT2D eigenvalue weighted by Crippen LogP contribution is -2.42. The van der Waals surface area contributed by atoms with Crippen molar-refractivity contribution in [3.05, 3.63) is 47.3 Å². The summed E-state index contributed by atoms with van der Waals surface area (Å²) in [6.45, 7) is 9.90. The summed E-state index contributed by atoms with van der Waals surface area (Å²) in [5.74, 6) is -2.22. The predicted octanol–water partition coefficient (Wildman–Crippen LogP) is 2.10. The first kappa shape index (κ1) is 21.5. The summed E-state index contributed by atoms with van der Waals surface area (Å²) < 4.78 is 21.8. The molecule has 0 radical (unpaired) electrons. The topological polar surface area (TPSA) is 105 Å². The van der Waals surface area contributed by atoms with Crippen molar-refractivity contribution >= 4 is 23.7 Å². The predicted molar refractivity (Wildman–Crippen MR) is 104 cm³/mol. The average molecular weight is 416 g/mol. The summed E-state index contributed by atoms with van der Waals surface area (Å²) in [6, 6.07) is 0. The molecule has 1 saturated heterocycles. The van der Waals surface area contributed by atoms with E-state index in [9.17, 15) is 19.2 Å². The molecule has 2 bridgehead atoms. The molecule has 1 fully saturated rings. The van der Waals surface area contributed by atoms with Crippen LogP contribution < -0.4 is 0 Å². The van der Waals surface area contributed by atoms with Crippen molar-refractivity contribution in [2.24, 2.45) is 5.92 Å². The molecule has 160 valence electrons. The van der Waals surface area contributed by atoms with Gasteiger partial charge in [-0.2, -0.15) is 0 Å². The molecular weight excluding hydrogens is 392 g/mol. The van der Waals surface area contributed by atoms with E-state index in [1.165, 1.54) is 26.0 Å². The average Bonchev–Trinajstić information content (AvgIpc) is 3.10. The van der Waals surface area contributed by atoms with Crippen LogP contribution in [0.4, 0.5) is 0 Å². The highest BCUT2D eigenvalue weighted by molar-refractivity contribution is 6.00. The molecule has 3 rings (SSSR count). The van der Waals surface area contributed by atoms with Crippen LogP contribution in [0.2, 0.25) is 0 Å². The Hall–Kier alpha value is -3.16. The fraction of sp³-hybridized carbons (Fsp3) is 0.455. The Morgan fingerprint density at radius 2 is 2.03 bits per heavy atom. The molecule has 3 aliphatic heterocycles. The summed E-state index contributed by atoms with van der Waals surface area (Å²) in [5.41, 5.74) is -0.205. The second-order valence-corrected chi connectivity index (χ2v) is 7.81. The normalized spacial score (nSPS) is 32.5. The molecule has 0 spiro atoms. The van der Waals surface area contributed by atoms with Gasteiger partial charge in [0.1, 0.15) is 24.6 Å². The van der Waals surface area contributed by atoms with E-state index in [4.69, 9.17) is 18.9 Å². The summed E-state index contributed by atoms with van der Waals surface area (Å²) in [6.07, 6.45) is 2.93. The van der Waals surface area contributed by atoms with Crippen LogP contribution in [0.1, 0.15) is 34.1 Å². The minimum absolute atomic E-state index is 0.0206. The highest BCUT2D eigenvalue weighted by atomic mass is 16.6. The first-order valence-electron chi connectivity index (χ1n) is 9.56. The number of rotatable bonds is 4. The minimum atomic E-state index is -1.24. The molecule has 3 heterocycles. The maximum absolute atomic E-state index is 12.7. The van der Waals surface area contributed by atoms with E-state index in [0.29, 0.717) is 11.3 Å². The Morgan fingerprint density at radius 3 is 2.70 bits per heavy atom. The van der Waals surface area contributed by atoms with Crippen LogP contribution in [0.15, 0.2) is 47.3 Å². The number of fused-ring (bicyclic) bond motifs is 3. The largest absolute Gasteiger partial charge is 0.479 e. The van der Waals surface area contributed by atoms with Crippen LogP contribution in [0.25, 0.3) is 0 Å². The van der Waals surface area contributed by atoms with Gasteiger partial charge in [0.25, 0.3) is 0 Å². The smallest absolute Gasteiger partial charge is 0.334 e. The van der Waals surface area contributed by atoms with Crippen LogP contribution in [-0.4, -0.2) is 48.1 Å². The lowest BCUT2D eigenvalue weighted by atomic mass is 9.82. The first-order chi connectivity index (χ1) is 14.0. The third-order valence-corrected chi connectivity index (χ3v) is 5.43. The molecule has 0 N–H and O–H groups in total. The van der Waals surface area contributed by atoms with Crippen molar-refractivity contribution in [1.29, 1.82) is 0 Å². The molecule has 0 unspecified atom stereocenters. The molecule has 0 saturated carbocycles. The van der Waals surface area contributed by atoms with Crippen molar-refractivity contribution in [2.45, 2.75) is 51.9 Å². The van der Waals surface area contributed by atoms with Crippen LogP contribution in [0.5, 0.6) is 0 Å². The third-order valence-electron chi connectivity index (χ3n) is 5.43. The zero-order chi connectivity index (χ0) is 22.2. The number of esters is 3. The summed E-state index contributed by atoms with van der Waals surface area (Å²) in [5, 5.41) is 0. The van der Waals surface area contributed by atoms with Gasteiger partial charge in [-0.15, -0.1) is 0 Å². The molecule has 0 aromatic carbocycles. The van der Waals surface area contributed by atoms with Crippen molar-refractivity contribution < 1.29 is 38.1 Å². The lowest BCUT2D eigenvalue weighted by molar-refractivity contribution is -0.153. The van der Waals surface area contributed by atoms with Gasteiger partial charge in [0.05, 0.1) is 5.92 Å². The van der Waals surface area contributed by atoms with Crippen molar-refractivity contribution in [1.82, 2.24) is 0 Å². The highest BCUT2D eigenvalue weighted by Crippen LogP contribution is 2.42. The van der Waals surface area contributed by atoms with Gasteiger partial charge >= 0.3 is 17.9 Å². The summed E-state index contributed by atoms with van der Waals surface area (Å²) in [7, 11) is 0. The van der Waals surface area contributed by atoms with Crippen LogP contribution in [0.3, 0.4) is 0 Å². The maximum Gasteiger partial charge on any atom is 0.334 e. The highest BCUT2D eigenvalue weighted by Gasteiger charge is 2.51. The summed E-state index contributed by atoms with van der Waals surface area (Å²) in [4.78, 5) is 48.3. The Bertz CT molecular complexity index is 921. The van der Waals surface area contributed by atoms with E-state index in [0.717, 1.165) is 0 Å². The van der Waals surface area contributed by atoms with Gasteiger partial charge in [0, 0.05) is 30.6 Å². The number of hydrogen-bond donors (Lipinski definition) is 0. The number of ketones is 1. The fourth-order valence-electron chi connectivity index (χ4n) is 3.66.